The molecule has 0 spiro atoms. The van der Waals surface area contributed by atoms with Crippen LogP contribution in [-0.4, -0.2) is 30.6 Å². The Labute approximate surface area is 123 Å². The van der Waals surface area contributed by atoms with E-state index < -0.39 is 0 Å². The van der Waals surface area contributed by atoms with Gasteiger partial charge in [-0.1, -0.05) is 24.3 Å². The highest BCUT2D eigenvalue weighted by Gasteiger charge is 2.37. The molecule has 110 valence electrons. The first kappa shape index (κ1) is 14.0. The van der Waals surface area contributed by atoms with Gasteiger partial charge in [0.1, 0.15) is 0 Å². The molecule has 2 unspecified atom stereocenters. The number of epoxide rings is 1. The predicted molar refractivity (Wildman–Crippen MR) is 77.1 cm³/mol. The van der Waals surface area contributed by atoms with Crippen LogP contribution in [0.3, 0.4) is 0 Å². The summed E-state index contributed by atoms with van der Waals surface area (Å²) in [5.41, 5.74) is 1.19. The van der Waals surface area contributed by atoms with Crippen LogP contribution in [0.1, 0.15) is 35.2 Å². The Balaban J connectivity index is 1.79. The summed E-state index contributed by atoms with van der Waals surface area (Å²) in [5, 5.41) is 0. The number of fused-ring (bicyclic) bond motifs is 2. The van der Waals surface area contributed by atoms with Crippen molar-refractivity contribution in [3.8, 4) is 0 Å². The van der Waals surface area contributed by atoms with E-state index in [0.717, 1.165) is 24.8 Å². The van der Waals surface area contributed by atoms with Gasteiger partial charge in [-0.15, -0.1) is 0 Å². The fourth-order valence-corrected chi connectivity index (χ4v) is 2.63. The van der Waals surface area contributed by atoms with E-state index in [1.165, 1.54) is 0 Å². The Hall–Kier alpha value is -1.94. The second-order valence-electron chi connectivity index (χ2n) is 5.42. The molecule has 0 aromatic heterocycles. The van der Waals surface area contributed by atoms with Crippen LogP contribution < -0.4 is 0 Å². The smallest absolute Gasteiger partial charge is 0.338 e. The second-order valence-corrected chi connectivity index (χ2v) is 5.42. The van der Waals surface area contributed by atoms with Crippen molar-refractivity contribution in [2.24, 2.45) is 0 Å². The molecular formula is C17H18O4. The molecule has 1 aromatic rings. The normalized spacial score (nSPS) is 27.8. The Kier molecular flexibility index (Phi) is 4.15. The quantitative estimate of drug-likeness (QED) is 0.543. The average Bonchev–Trinajstić information content (AvgIpc) is 3.22. The van der Waals surface area contributed by atoms with E-state index in [1.54, 1.807) is 24.3 Å². The molecule has 0 N–H and O–H groups in total. The van der Waals surface area contributed by atoms with E-state index in [0.29, 0.717) is 12.2 Å². The van der Waals surface area contributed by atoms with Gasteiger partial charge in [0.25, 0.3) is 0 Å². The molecule has 2 atom stereocenters. The lowest BCUT2D eigenvalue weighted by atomic mass is 10.0. The molecule has 2 aliphatic rings. The molecule has 0 radical (unpaired) electrons. The van der Waals surface area contributed by atoms with Crippen molar-refractivity contribution in [3.05, 3.63) is 47.5 Å². The minimum Gasteiger partial charge on any atom is -0.462 e. The predicted octanol–water partition coefficient (Wildman–Crippen LogP) is 2.46. The number of hydrogen-bond donors (Lipinski definition) is 0. The highest BCUT2D eigenvalue weighted by Crippen LogP contribution is 2.29. The molecule has 2 heterocycles. The van der Waals surface area contributed by atoms with Gasteiger partial charge in [-0.2, -0.15) is 0 Å². The highest BCUT2D eigenvalue weighted by molar-refractivity contribution is 5.96. The fraction of sp³-hybridized carbons (Fsp3) is 0.412. The number of carbonyl (C=O) groups excluding carboxylic acids is 2. The van der Waals surface area contributed by atoms with Gasteiger partial charge in [-0.05, 0) is 30.5 Å². The molecule has 21 heavy (non-hydrogen) atoms. The first-order chi connectivity index (χ1) is 10.2. The van der Waals surface area contributed by atoms with Crippen LogP contribution in [0.15, 0.2) is 36.4 Å². The van der Waals surface area contributed by atoms with Crippen LogP contribution in [0, 0.1) is 0 Å². The summed E-state index contributed by atoms with van der Waals surface area (Å²) in [4.78, 5) is 24.1. The van der Waals surface area contributed by atoms with E-state index in [4.69, 9.17) is 9.47 Å². The van der Waals surface area contributed by atoms with E-state index in [2.05, 4.69) is 0 Å². The largest absolute Gasteiger partial charge is 0.462 e. The number of esters is 1. The Bertz CT molecular complexity index is 576. The average molecular weight is 286 g/mol. The van der Waals surface area contributed by atoms with Crippen LogP contribution >= 0.6 is 0 Å². The summed E-state index contributed by atoms with van der Waals surface area (Å²) in [6.45, 7) is 0.359. The van der Waals surface area contributed by atoms with E-state index in [-0.39, 0.29) is 30.4 Å². The number of rotatable bonds is 0. The molecule has 2 aliphatic heterocycles. The third-order valence-corrected chi connectivity index (χ3v) is 3.85. The summed E-state index contributed by atoms with van der Waals surface area (Å²) >= 11 is 0. The van der Waals surface area contributed by atoms with Crippen LogP contribution in [0.4, 0.5) is 0 Å². The van der Waals surface area contributed by atoms with Gasteiger partial charge in [0.05, 0.1) is 24.4 Å². The minimum absolute atomic E-state index is 0.000532. The summed E-state index contributed by atoms with van der Waals surface area (Å²) in [5.74, 6) is -0.364. The zero-order valence-electron chi connectivity index (χ0n) is 11.8. The van der Waals surface area contributed by atoms with Gasteiger partial charge < -0.3 is 9.47 Å². The van der Waals surface area contributed by atoms with Crippen molar-refractivity contribution in [1.82, 2.24) is 0 Å². The van der Waals surface area contributed by atoms with Gasteiger partial charge in [-0.25, -0.2) is 4.79 Å². The van der Waals surface area contributed by atoms with Crippen molar-refractivity contribution in [2.45, 2.75) is 37.9 Å². The van der Waals surface area contributed by atoms with Gasteiger partial charge in [0.15, 0.2) is 5.78 Å². The molecule has 3 rings (SSSR count). The fourth-order valence-electron chi connectivity index (χ4n) is 2.63. The summed E-state index contributed by atoms with van der Waals surface area (Å²) < 4.78 is 10.8. The highest BCUT2D eigenvalue weighted by atomic mass is 16.6. The molecular weight excluding hydrogens is 268 g/mol. The Morgan fingerprint density at radius 3 is 2.76 bits per heavy atom. The standard InChI is InChI=1S/C17H18O4/c18-13-6-2-4-8-15-16(21-15)9-10-20-17(19)14-7-3-1-5-12(14)11-13/h1-3,5-7,15-16H,4,8-11H2/b6-2+. The number of allylic oxidation sites excluding steroid dienone is 2. The van der Waals surface area contributed by atoms with Gasteiger partial charge >= 0.3 is 5.97 Å². The Morgan fingerprint density at radius 2 is 1.86 bits per heavy atom. The van der Waals surface area contributed by atoms with E-state index >= 15 is 0 Å². The number of benzene rings is 1. The van der Waals surface area contributed by atoms with Crippen molar-refractivity contribution in [3.63, 3.8) is 0 Å². The van der Waals surface area contributed by atoms with Crippen LogP contribution in [0.25, 0.3) is 0 Å². The minimum atomic E-state index is -0.364. The lowest BCUT2D eigenvalue weighted by Gasteiger charge is -2.08. The summed E-state index contributed by atoms with van der Waals surface area (Å²) in [6, 6.07) is 7.11. The van der Waals surface area contributed by atoms with Crippen LogP contribution in [0.5, 0.6) is 0 Å². The van der Waals surface area contributed by atoms with Gasteiger partial charge in [0, 0.05) is 12.8 Å². The molecule has 0 saturated carbocycles. The topological polar surface area (TPSA) is 55.9 Å². The molecule has 0 amide bonds. The number of ether oxygens (including phenoxy) is 2. The third-order valence-electron chi connectivity index (χ3n) is 3.85. The van der Waals surface area contributed by atoms with Gasteiger partial charge in [0.2, 0.25) is 0 Å². The van der Waals surface area contributed by atoms with Crippen molar-refractivity contribution >= 4 is 11.8 Å². The molecule has 1 saturated heterocycles. The van der Waals surface area contributed by atoms with Crippen molar-refractivity contribution in [1.29, 1.82) is 0 Å². The van der Waals surface area contributed by atoms with E-state index in [9.17, 15) is 9.59 Å². The monoisotopic (exact) mass is 286 g/mol. The molecule has 4 heteroatoms. The van der Waals surface area contributed by atoms with E-state index in [1.807, 2.05) is 12.1 Å². The number of carbonyl (C=O) groups is 2. The molecule has 1 fully saturated rings. The molecule has 4 nitrogen and oxygen atoms in total. The zero-order valence-corrected chi connectivity index (χ0v) is 11.8. The van der Waals surface area contributed by atoms with Crippen LogP contribution in [0.2, 0.25) is 0 Å². The number of cyclic esters (lactones) is 1. The lowest BCUT2D eigenvalue weighted by Crippen LogP contribution is -2.13. The molecule has 0 aliphatic carbocycles. The summed E-state index contributed by atoms with van der Waals surface area (Å²) in [6.07, 6.45) is 6.66. The maximum Gasteiger partial charge on any atom is 0.338 e. The molecule has 1 aromatic carbocycles. The Morgan fingerprint density at radius 1 is 1.05 bits per heavy atom. The van der Waals surface area contributed by atoms with Crippen molar-refractivity contribution in [2.75, 3.05) is 6.61 Å². The number of ketones is 1. The van der Waals surface area contributed by atoms with Crippen LogP contribution in [-0.2, 0) is 20.7 Å². The molecule has 0 bridgehead atoms. The third kappa shape index (κ3) is 3.58. The maximum absolute atomic E-state index is 12.1. The first-order valence-electron chi connectivity index (χ1n) is 7.34. The number of hydrogen-bond acceptors (Lipinski definition) is 4. The SMILES string of the molecule is O=C1/C=C/CCC2OC2CCOC(=O)c2ccccc2C1. The first-order valence-corrected chi connectivity index (χ1v) is 7.34. The second kappa shape index (κ2) is 6.22. The van der Waals surface area contributed by atoms with Crippen molar-refractivity contribution < 1.29 is 19.1 Å². The summed E-state index contributed by atoms with van der Waals surface area (Å²) in [7, 11) is 0. The zero-order chi connectivity index (χ0) is 14.7. The van der Waals surface area contributed by atoms with Gasteiger partial charge in [-0.3, -0.25) is 4.79 Å². The lowest BCUT2D eigenvalue weighted by molar-refractivity contribution is -0.114. The maximum atomic E-state index is 12.1.